The van der Waals surface area contributed by atoms with Crippen LogP contribution in [0.15, 0.2) is 63.8 Å². The molecule has 0 fully saturated rings. The third kappa shape index (κ3) is 4.15. The molecular formula is C20H17N3O2S2. The molecule has 0 aliphatic heterocycles. The largest absolute Gasteiger partial charge is 0.351 e. The van der Waals surface area contributed by atoms with Gasteiger partial charge >= 0.3 is 0 Å². The number of thiazole rings is 1. The molecule has 0 atom stereocenters. The number of hydrogen-bond acceptors (Lipinski definition) is 6. The van der Waals surface area contributed by atoms with E-state index < -0.39 is 0 Å². The first-order chi connectivity index (χ1) is 13.2. The minimum atomic E-state index is -0.201. The molecule has 0 spiro atoms. The topological polar surface area (TPSA) is 59.2 Å². The second-order valence-corrected chi connectivity index (χ2v) is 7.93. The first-order valence-electron chi connectivity index (χ1n) is 8.42. The summed E-state index contributed by atoms with van der Waals surface area (Å²) in [5.41, 5.74) is 2.73. The SMILES string of the molecule is CN(Cc1csc(-c2cccs2)n1)C(=O)c1cc(Cc2ccccc2)no1. The quantitative estimate of drug-likeness (QED) is 0.474. The minimum Gasteiger partial charge on any atom is -0.351 e. The maximum Gasteiger partial charge on any atom is 0.292 e. The smallest absolute Gasteiger partial charge is 0.292 e. The van der Waals surface area contributed by atoms with Crippen molar-refractivity contribution in [3.05, 3.63) is 82.0 Å². The number of carbonyl (C=O) groups excluding carboxylic acids is 1. The summed E-state index contributed by atoms with van der Waals surface area (Å²) < 4.78 is 5.26. The Hall–Kier alpha value is -2.77. The van der Waals surface area contributed by atoms with E-state index in [1.165, 1.54) is 0 Å². The molecule has 5 nitrogen and oxygen atoms in total. The van der Waals surface area contributed by atoms with Gasteiger partial charge in [0.1, 0.15) is 5.01 Å². The highest BCUT2D eigenvalue weighted by atomic mass is 32.1. The second kappa shape index (κ2) is 7.85. The van der Waals surface area contributed by atoms with Crippen molar-refractivity contribution in [2.24, 2.45) is 0 Å². The van der Waals surface area contributed by atoms with Gasteiger partial charge in [0.2, 0.25) is 5.76 Å². The molecule has 0 radical (unpaired) electrons. The predicted molar refractivity (Wildman–Crippen MR) is 107 cm³/mol. The van der Waals surface area contributed by atoms with Gasteiger partial charge in [0.25, 0.3) is 5.91 Å². The first-order valence-corrected chi connectivity index (χ1v) is 10.2. The van der Waals surface area contributed by atoms with Crippen LogP contribution in [0, 0.1) is 0 Å². The molecule has 3 aromatic heterocycles. The molecule has 1 aromatic carbocycles. The van der Waals surface area contributed by atoms with Crippen LogP contribution in [0.25, 0.3) is 9.88 Å². The molecule has 0 unspecified atom stereocenters. The summed E-state index contributed by atoms with van der Waals surface area (Å²) in [4.78, 5) is 20.0. The Morgan fingerprint density at radius 1 is 1.11 bits per heavy atom. The number of hydrogen-bond donors (Lipinski definition) is 0. The van der Waals surface area contributed by atoms with Gasteiger partial charge in [-0.2, -0.15) is 0 Å². The zero-order valence-corrected chi connectivity index (χ0v) is 16.3. The lowest BCUT2D eigenvalue weighted by Crippen LogP contribution is -2.25. The molecule has 0 saturated carbocycles. The number of amides is 1. The molecule has 7 heteroatoms. The third-order valence-corrected chi connectivity index (χ3v) is 5.96. The lowest BCUT2D eigenvalue weighted by molar-refractivity contribution is 0.0742. The monoisotopic (exact) mass is 395 g/mol. The van der Waals surface area contributed by atoms with Gasteiger partial charge in [0.15, 0.2) is 0 Å². The van der Waals surface area contributed by atoms with Gasteiger partial charge in [0.05, 0.1) is 22.8 Å². The van der Waals surface area contributed by atoms with Crippen molar-refractivity contribution in [1.29, 1.82) is 0 Å². The van der Waals surface area contributed by atoms with Crippen LogP contribution in [0.5, 0.6) is 0 Å². The summed E-state index contributed by atoms with van der Waals surface area (Å²) in [6.45, 7) is 0.426. The van der Waals surface area contributed by atoms with Crippen molar-refractivity contribution in [3.8, 4) is 9.88 Å². The van der Waals surface area contributed by atoms with Crippen molar-refractivity contribution in [3.63, 3.8) is 0 Å². The van der Waals surface area contributed by atoms with E-state index in [0.29, 0.717) is 13.0 Å². The van der Waals surface area contributed by atoms with Crippen LogP contribution in [0.3, 0.4) is 0 Å². The summed E-state index contributed by atoms with van der Waals surface area (Å²) in [5, 5.41) is 9.02. The van der Waals surface area contributed by atoms with Gasteiger partial charge < -0.3 is 9.42 Å². The van der Waals surface area contributed by atoms with E-state index in [0.717, 1.165) is 26.8 Å². The van der Waals surface area contributed by atoms with Crippen LogP contribution in [0.2, 0.25) is 0 Å². The van der Waals surface area contributed by atoms with Crippen molar-refractivity contribution in [1.82, 2.24) is 15.0 Å². The molecule has 0 saturated heterocycles. The highest BCUT2D eigenvalue weighted by Crippen LogP contribution is 2.28. The molecular weight excluding hydrogens is 378 g/mol. The lowest BCUT2D eigenvalue weighted by Gasteiger charge is -2.13. The highest BCUT2D eigenvalue weighted by molar-refractivity contribution is 7.20. The van der Waals surface area contributed by atoms with Crippen molar-refractivity contribution in [2.45, 2.75) is 13.0 Å². The average Bonchev–Trinajstić information content (AvgIpc) is 3.43. The average molecular weight is 396 g/mol. The Labute approximate surface area is 164 Å². The van der Waals surface area contributed by atoms with Crippen LogP contribution < -0.4 is 0 Å². The predicted octanol–water partition coefficient (Wildman–Crippen LogP) is 4.72. The molecule has 136 valence electrons. The van der Waals surface area contributed by atoms with E-state index >= 15 is 0 Å². The van der Waals surface area contributed by atoms with Gasteiger partial charge in [-0.05, 0) is 17.0 Å². The van der Waals surface area contributed by atoms with E-state index in [-0.39, 0.29) is 11.7 Å². The van der Waals surface area contributed by atoms with Crippen LogP contribution in [-0.2, 0) is 13.0 Å². The summed E-state index contributed by atoms with van der Waals surface area (Å²) in [5.74, 6) is 0.0460. The molecule has 0 aliphatic rings. The van der Waals surface area contributed by atoms with E-state index in [2.05, 4.69) is 10.1 Å². The first kappa shape index (κ1) is 17.6. The molecule has 3 heterocycles. The molecule has 27 heavy (non-hydrogen) atoms. The third-order valence-electron chi connectivity index (χ3n) is 4.03. The Morgan fingerprint density at radius 3 is 2.74 bits per heavy atom. The van der Waals surface area contributed by atoms with Gasteiger partial charge in [-0.1, -0.05) is 41.6 Å². The van der Waals surface area contributed by atoms with Crippen LogP contribution in [-0.4, -0.2) is 28.0 Å². The Bertz CT molecular complexity index is 1020. The number of benzene rings is 1. The summed E-state index contributed by atoms with van der Waals surface area (Å²) >= 11 is 3.25. The zero-order chi connectivity index (χ0) is 18.6. The summed E-state index contributed by atoms with van der Waals surface area (Å²) in [6.07, 6.45) is 0.637. The standard InChI is InChI=1S/C20H17N3O2S2/c1-23(12-16-13-27-19(21-16)18-8-5-9-26-18)20(24)17-11-15(22-25-17)10-14-6-3-2-4-7-14/h2-9,11,13H,10,12H2,1H3. The van der Waals surface area contributed by atoms with Crippen LogP contribution in [0.1, 0.15) is 27.5 Å². The number of rotatable bonds is 6. The van der Waals surface area contributed by atoms with Crippen molar-refractivity contribution < 1.29 is 9.32 Å². The van der Waals surface area contributed by atoms with Gasteiger partial charge in [-0.3, -0.25) is 4.79 Å². The van der Waals surface area contributed by atoms with Gasteiger partial charge in [-0.15, -0.1) is 22.7 Å². The number of aromatic nitrogens is 2. The lowest BCUT2D eigenvalue weighted by atomic mass is 10.1. The molecule has 0 bridgehead atoms. The Kier molecular flexibility index (Phi) is 5.13. The Balaban J connectivity index is 1.40. The molecule has 1 amide bonds. The number of carbonyl (C=O) groups is 1. The van der Waals surface area contributed by atoms with Crippen molar-refractivity contribution in [2.75, 3.05) is 7.05 Å². The molecule has 4 aromatic rings. The summed E-state index contributed by atoms with van der Waals surface area (Å²) in [6, 6.07) is 15.7. The molecule has 0 aliphatic carbocycles. The molecule has 4 rings (SSSR count). The van der Waals surface area contributed by atoms with E-state index in [1.807, 2.05) is 53.2 Å². The number of thiophene rings is 1. The highest BCUT2D eigenvalue weighted by Gasteiger charge is 2.19. The van der Waals surface area contributed by atoms with Gasteiger partial charge in [0, 0.05) is 24.9 Å². The fourth-order valence-electron chi connectivity index (χ4n) is 2.70. The van der Waals surface area contributed by atoms with Crippen molar-refractivity contribution >= 4 is 28.6 Å². The fraction of sp³-hybridized carbons (Fsp3) is 0.150. The summed E-state index contributed by atoms with van der Waals surface area (Å²) in [7, 11) is 1.74. The van der Waals surface area contributed by atoms with Gasteiger partial charge in [-0.25, -0.2) is 4.98 Å². The zero-order valence-electron chi connectivity index (χ0n) is 14.7. The maximum absolute atomic E-state index is 12.6. The maximum atomic E-state index is 12.6. The Morgan fingerprint density at radius 2 is 1.96 bits per heavy atom. The van der Waals surface area contributed by atoms with E-state index in [4.69, 9.17) is 4.52 Å². The second-order valence-electron chi connectivity index (χ2n) is 6.13. The van der Waals surface area contributed by atoms with Crippen LogP contribution in [0.4, 0.5) is 0 Å². The fourth-order valence-corrected chi connectivity index (χ4v) is 4.32. The minimum absolute atomic E-state index is 0.201. The van der Waals surface area contributed by atoms with E-state index in [1.54, 1.807) is 40.7 Å². The number of nitrogens with zero attached hydrogens (tertiary/aromatic N) is 3. The molecule has 0 N–H and O–H groups in total. The van der Waals surface area contributed by atoms with E-state index in [9.17, 15) is 4.79 Å². The normalized spacial score (nSPS) is 10.9. The van der Waals surface area contributed by atoms with Crippen LogP contribution >= 0.6 is 22.7 Å².